The van der Waals surface area contributed by atoms with Gasteiger partial charge >= 0.3 is 12.1 Å². The first kappa shape index (κ1) is 36.3. The minimum absolute atomic E-state index is 0.0100. The number of alkyl halides is 3. The number of carboxylic acid groups (broad SMARTS) is 1. The molecule has 45 heavy (non-hydrogen) atoms. The van der Waals surface area contributed by atoms with Gasteiger partial charge in [0.15, 0.2) is 9.84 Å². The van der Waals surface area contributed by atoms with E-state index in [4.69, 9.17) is 21.5 Å². The Morgan fingerprint density at radius 3 is 2.31 bits per heavy atom. The van der Waals surface area contributed by atoms with Gasteiger partial charge in [-0.2, -0.15) is 13.2 Å². The third-order valence-electron chi connectivity index (χ3n) is 7.85. The van der Waals surface area contributed by atoms with Gasteiger partial charge in [0.2, 0.25) is 5.91 Å². The van der Waals surface area contributed by atoms with Gasteiger partial charge in [-0.25, -0.2) is 13.2 Å². The van der Waals surface area contributed by atoms with Crippen molar-refractivity contribution in [3.05, 3.63) is 64.7 Å². The number of hydrogen-bond donors (Lipinski definition) is 3. The lowest BCUT2D eigenvalue weighted by Crippen LogP contribution is -2.52. The average molecular weight is 674 g/mol. The van der Waals surface area contributed by atoms with Gasteiger partial charge in [-0.3, -0.25) is 9.59 Å². The van der Waals surface area contributed by atoms with Crippen molar-refractivity contribution in [2.24, 2.45) is 11.8 Å². The Kier molecular flexibility index (Phi) is 12.4. The fourth-order valence-corrected chi connectivity index (χ4v) is 7.44. The number of rotatable bonds is 9. The molecule has 3 N–H and O–H groups in total. The number of sulfone groups is 1. The van der Waals surface area contributed by atoms with Crippen LogP contribution in [0.15, 0.2) is 53.4 Å². The molecule has 1 saturated carbocycles. The van der Waals surface area contributed by atoms with Crippen molar-refractivity contribution < 1.29 is 41.1 Å². The maximum Gasteiger partial charge on any atom is 0.490 e. The topological polar surface area (TPSA) is 133 Å². The molecule has 9 nitrogen and oxygen atoms in total. The highest BCUT2D eigenvalue weighted by atomic mass is 35.5. The van der Waals surface area contributed by atoms with E-state index in [1.807, 2.05) is 24.0 Å². The van der Waals surface area contributed by atoms with Gasteiger partial charge in [-0.05, 0) is 81.3 Å². The Balaban J connectivity index is 0.000000707. The van der Waals surface area contributed by atoms with Gasteiger partial charge in [-0.15, -0.1) is 0 Å². The van der Waals surface area contributed by atoms with Gasteiger partial charge < -0.3 is 20.6 Å². The van der Waals surface area contributed by atoms with Crippen LogP contribution in [0.25, 0.3) is 0 Å². The van der Waals surface area contributed by atoms with Crippen LogP contribution in [-0.4, -0.2) is 79.4 Å². The summed E-state index contributed by atoms with van der Waals surface area (Å²) in [7, 11) is -3.53. The zero-order chi connectivity index (χ0) is 33.5. The monoisotopic (exact) mass is 673 g/mol. The third-order valence-corrected chi connectivity index (χ3v) is 9.94. The lowest BCUT2D eigenvalue weighted by Gasteiger charge is -2.41. The second-order valence-corrected chi connectivity index (χ2v) is 14.4. The molecule has 2 aromatic carbocycles. The molecule has 14 heteroatoms. The number of nitrogens with one attached hydrogen (secondary N) is 2. The number of carbonyl (C=O) groups is 3. The summed E-state index contributed by atoms with van der Waals surface area (Å²) >= 11 is 6.02. The van der Waals surface area contributed by atoms with E-state index < -0.39 is 28.0 Å². The van der Waals surface area contributed by atoms with Crippen LogP contribution in [0.1, 0.15) is 55.5 Å². The lowest BCUT2D eigenvalue weighted by atomic mass is 9.81. The van der Waals surface area contributed by atoms with Gasteiger partial charge in [-0.1, -0.05) is 49.2 Å². The molecule has 0 unspecified atom stereocenters. The standard InChI is InChI=1S/C29H38ClN3O4S.C2HF3O2/c1-19(2)17-31-24-9-12-27(22(16-24)18-38(36,37)25-10-7-20(3)8-11-25)33-14-13-26(29(33)35)32-28(34)21-5-4-6-23(30)15-21;3-2(4,5)1(6)7/h4-8,10-11,15,19,22,24,26-27,31H,9,12-14,16-18H2,1-3H3,(H,32,34);(H,6,7)/t22-,24+,26-,27-;/m0./s1. The molecule has 1 aliphatic carbocycles. The van der Waals surface area contributed by atoms with Crippen LogP contribution in [0.2, 0.25) is 5.02 Å². The fraction of sp³-hybridized carbons (Fsp3) is 0.516. The molecule has 1 heterocycles. The number of amides is 2. The van der Waals surface area contributed by atoms with Crippen molar-refractivity contribution in [1.29, 1.82) is 0 Å². The summed E-state index contributed by atoms with van der Waals surface area (Å²) in [6.07, 6.45) is -2.30. The van der Waals surface area contributed by atoms with Crippen molar-refractivity contribution in [3.63, 3.8) is 0 Å². The summed E-state index contributed by atoms with van der Waals surface area (Å²) < 4.78 is 58.6. The maximum absolute atomic E-state index is 13.5. The molecule has 4 atom stereocenters. The van der Waals surface area contributed by atoms with Crippen LogP contribution >= 0.6 is 11.6 Å². The summed E-state index contributed by atoms with van der Waals surface area (Å²) in [6, 6.07) is 13.0. The van der Waals surface area contributed by atoms with Crippen LogP contribution in [-0.2, 0) is 19.4 Å². The molecular weight excluding hydrogens is 635 g/mol. The quantitative estimate of drug-likeness (QED) is 0.346. The Hall–Kier alpha value is -3.16. The zero-order valence-electron chi connectivity index (χ0n) is 25.3. The largest absolute Gasteiger partial charge is 0.490 e. The van der Waals surface area contributed by atoms with Crippen LogP contribution in [0, 0.1) is 18.8 Å². The van der Waals surface area contributed by atoms with E-state index in [2.05, 4.69) is 24.5 Å². The molecule has 0 bridgehead atoms. The predicted octanol–water partition coefficient (Wildman–Crippen LogP) is 4.87. The summed E-state index contributed by atoms with van der Waals surface area (Å²) in [5.41, 5.74) is 1.41. The number of halogens is 4. The number of nitrogens with zero attached hydrogens (tertiary/aromatic N) is 1. The van der Waals surface area contributed by atoms with E-state index in [9.17, 15) is 31.2 Å². The van der Waals surface area contributed by atoms with Gasteiger partial charge in [0.25, 0.3) is 5.91 Å². The molecular formula is C31H39ClF3N3O6S. The maximum atomic E-state index is 13.5. The van der Waals surface area contributed by atoms with E-state index in [0.29, 0.717) is 40.8 Å². The van der Waals surface area contributed by atoms with Gasteiger partial charge in [0.05, 0.1) is 10.6 Å². The number of likely N-dealkylation sites (tertiary alicyclic amines) is 1. The first-order chi connectivity index (χ1) is 21.0. The van der Waals surface area contributed by atoms with Crippen molar-refractivity contribution in [1.82, 2.24) is 15.5 Å². The minimum atomic E-state index is -5.08. The van der Waals surface area contributed by atoms with E-state index >= 15 is 0 Å². The van der Waals surface area contributed by atoms with Crippen molar-refractivity contribution in [3.8, 4) is 0 Å². The molecule has 2 aromatic rings. The number of carbonyl (C=O) groups excluding carboxylic acids is 2. The molecule has 2 amide bonds. The van der Waals surface area contributed by atoms with Crippen LogP contribution in [0.3, 0.4) is 0 Å². The zero-order valence-corrected chi connectivity index (χ0v) is 26.9. The Bertz CT molecular complexity index is 1450. The highest BCUT2D eigenvalue weighted by molar-refractivity contribution is 7.91. The molecule has 0 radical (unpaired) electrons. The minimum Gasteiger partial charge on any atom is -0.475 e. The van der Waals surface area contributed by atoms with Crippen molar-refractivity contribution in [2.75, 3.05) is 18.8 Å². The van der Waals surface area contributed by atoms with E-state index in [0.717, 1.165) is 24.9 Å². The molecule has 1 aliphatic heterocycles. The highest BCUT2D eigenvalue weighted by Crippen LogP contribution is 2.34. The van der Waals surface area contributed by atoms with Crippen LogP contribution < -0.4 is 10.6 Å². The third kappa shape index (κ3) is 10.4. The molecule has 0 spiro atoms. The lowest BCUT2D eigenvalue weighted by molar-refractivity contribution is -0.192. The second kappa shape index (κ2) is 15.4. The average Bonchev–Trinajstić information content (AvgIpc) is 3.31. The van der Waals surface area contributed by atoms with E-state index in [1.165, 1.54) is 0 Å². The number of aliphatic carboxylic acids is 1. The number of hydrogen-bond acceptors (Lipinski definition) is 6. The van der Waals surface area contributed by atoms with Crippen LogP contribution in [0.4, 0.5) is 13.2 Å². The predicted molar refractivity (Wildman–Crippen MR) is 164 cm³/mol. The van der Waals surface area contributed by atoms with Crippen molar-refractivity contribution >= 4 is 39.2 Å². The molecule has 2 aliphatic rings. The molecule has 248 valence electrons. The van der Waals surface area contributed by atoms with E-state index in [-0.39, 0.29) is 35.6 Å². The fourth-order valence-electron chi connectivity index (χ4n) is 5.59. The molecule has 1 saturated heterocycles. The van der Waals surface area contributed by atoms with Gasteiger partial charge in [0.1, 0.15) is 6.04 Å². The van der Waals surface area contributed by atoms with Crippen LogP contribution in [0.5, 0.6) is 0 Å². The first-order valence-corrected chi connectivity index (χ1v) is 16.7. The summed E-state index contributed by atoms with van der Waals surface area (Å²) in [5, 5.41) is 14.0. The summed E-state index contributed by atoms with van der Waals surface area (Å²) in [5.74, 6) is -2.96. The molecule has 4 rings (SSSR count). The summed E-state index contributed by atoms with van der Waals surface area (Å²) in [6.45, 7) is 7.60. The van der Waals surface area contributed by atoms with E-state index in [1.54, 1.807) is 36.4 Å². The molecule has 0 aromatic heterocycles. The SMILES string of the molecule is Cc1ccc(S(=O)(=O)C[C@@H]2C[C@H](NCC(C)C)CC[C@@H]2N2CC[C@H](NC(=O)c3cccc(Cl)c3)C2=O)cc1.O=C(O)C(F)(F)F. The Labute approximate surface area is 266 Å². The Morgan fingerprint density at radius 1 is 1.09 bits per heavy atom. The number of aryl methyl sites for hydroxylation is 1. The number of carboxylic acids is 1. The second-order valence-electron chi connectivity index (χ2n) is 11.9. The molecule has 2 fully saturated rings. The first-order valence-electron chi connectivity index (χ1n) is 14.7. The highest BCUT2D eigenvalue weighted by Gasteiger charge is 2.43. The smallest absolute Gasteiger partial charge is 0.475 e. The van der Waals surface area contributed by atoms with Crippen molar-refractivity contribution in [2.45, 2.75) is 75.7 Å². The normalized spacial score (nSPS) is 22.1. The summed E-state index contributed by atoms with van der Waals surface area (Å²) in [4.78, 5) is 37.3. The number of benzene rings is 2. The van der Waals surface area contributed by atoms with Gasteiger partial charge in [0, 0.05) is 29.2 Å². The Morgan fingerprint density at radius 2 is 1.73 bits per heavy atom.